The quantitative estimate of drug-likeness (QED) is 0.829. The molecule has 5 heteroatoms. The smallest absolute Gasteiger partial charge is 0.180 e. The molecule has 2 aromatic heterocycles. The monoisotopic (exact) mass is 257 g/mol. The molecule has 0 aromatic carbocycles. The highest BCUT2D eigenvalue weighted by molar-refractivity contribution is 5.64. The summed E-state index contributed by atoms with van der Waals surface area (Å²) in [6.07, 6.45) is 10.5. The predicted molar refractivity (Wildman–Crippen MR) is 74.4 cm³/mol. The standard InChI is InChI=1S/C14H19N5/c1-2-12(1)11-17-7-9-19(10-8-17)14-13-15-3-5-18(13)6-4-16-14/h3-6,12H,1-2,7-11H2. The second kappa shape index (κ2) is 4.49. The maximum atomic E-state index is 4.53. The van der Waals surface area contributed by atoms with Crippen LogP contribution < -0.4 is 4.90 Å². The highest BCUT2D eigenvalue weighted by atomic mass is 15.3. The second-order valence-corrected chi connectivity index (χ2v) is 5.64. The third kappa shape index (κ3) is 2.18. The maximum Gasteiger partial charge on any atom is 0.180 e. The van der Waals surface area contributed by atoms with Crippen LogP contribution in [0.25, 0.3) is 5.65 Å². The molecule has 0 radical (unpaired) electrons. The van der Waals surface area contributed by atoms with E-state index in [1.165, 1.54) is 19.4 Å². The molecule has 1 aliphatic carbocycles. The maximum absolute atomic E-state index is 4.53. The third-order valence-electron chi connectivity index (χ3n) is 4.18. The fourth-order valence-electron chi connectivity index (χ4n) is 2.87. The summed E-state index contributed by atoms with van der Waals surface area (Å²) in [6, 6.07) is 0. The molecular weight excluding hydrogens is 238 g/mol. The van der Waals surface area contributed by atoms with Gasteiger partial charge in [0, 0.05) is 57.5 Å². The first-order valence-corrected chi connectivity index (χ1v) is 7.15. The summed E-state index contributed by atoms with van der Waals surface area (Å²) < 4.78 is 2.04. The summed E-state index contributed by atoms with van der Waals surface area (Å²) in [6.45, 7) is 5.73. The molecule has 3 heterocycles. The van der Waals surface area contributed by atoms with Gasteiger partial charge >= 0.3 is 0 Å². The zero-order valence-corrected chi connectivity index (χ0v) is 11.1. The van der Waals surface area contributed by atoms with Crippen molar-refractivity contribution in [1.82, 2.24) is 19.3 Å². The first-order chi connectivity index (χ1) is 9.40. The topological polar surface area (TPSA) is 36.7 Å². The molecule has 2 fully saturated rings. The predicted octanol–water partition coefficient (Wildman–Crippen LogP) is 1.26. The number of fused-ring (bicyclic) bond motifs is 1. The number of piperazine rings is 1. The van der Waals surface area contributed by atoms with Gasteiger partial charge in [-0.05, 0) is 18.8 Å². The molecule has 0 N–H and O–H groups in total. The van der Waals surface area contributed by atoms with Crippen molar-refractivity contribution in [2.45, 2.75) is 12.8 Å². The van der Waals surface area contributed by atoms with Crippen LogP contribution in [0.5, 0.6) is 0 Å². The van der Waals surface area contributed by atoms with E-state index in [1.807, 2.05) is 29.2 Å². The summed E-state index contributed by atoms with van der Waals surface area (Å²) in [5.74, 6) is 2.01. The molecule has 2 aromatic rings. The normalized spacial score (nSPS) is 21.2. The van der Waals surface area contributed by atoms with Crippen molar-refractivity contribution in [3.05, 3.63) is 24.8 Å². The molecule has 0 spiro atoms. The summed E-state index contributed by atoms with van der Waals surface area (Å²) >= 11 is 0. The molecular formula is C14H19N5. The van der Waals surface area contributed by atoms with Gasteiger partial charge in [-0.1, -0.05) is 0 Å². The van der Waals surface area contributed by atoms with Crippen molar-refractivity contribution in [3.63, 3.8) is 0 Å². The Morgan fingerprint density at radius 1 is 1.00 bits per heavy atom. The molecule has 1 saturated heterocycles. The van der Waals surface area contributed by atoms with Gasteiger partial charge in [0.2, 0.25) is 0 Å². The molecule has 2 aliphatic rings. The van der Waals surface area contributed by atoms with Crippen molar-refractivity contribution in [2.24, 2.45) is 5.92 Å². The minimum absolute atomic E-state index is 0.971. The van der Waals surface area contributed by atoms with Crippen LogP contribution in [0.2, 0.25) is 0 Å². The third-order valence-corrected chi connectivity index (χ3v) is 4.18. The summed E-state index contributed by atoms with van der Waals surface area (Å²) in [5.41, 5.74) is 0.971. The Hall–Kier alpha value is -1.62. The van der Waals surface area contributed by atoms with E-state index in [9.17, 15) is 0 Å². The SMILES string of the molecule is c1cn2ccnc2c(N2CCN(CC3CC3)CC2)n1. The molecule has 5 nitrogen and oxygen atoms in total. The first-order valence-electron chi connectivity index (χ1n) is 7.15. The van der Waals surface area contributed by atoms with Crippen LogP contribution in [0.15, 0.2) is 24.8 Å². The van der Waals surface area contributed by atoms with E-state index in [0.29, 0.717) is 0 Å². The van der Waals surface area contributed by atoms with Gasteiger partial charge in [0.1, 0.15) is 0 Å². The van der Waals surface area contributed by atoms with Gasteiger partial charge in [-0.15, -0.1) is 0 Å². The van der Waals surface area contributed by atoms with Crippen LogP contribution in [-0.2, 0) is 0 Å². The molecule has 1 aliphatic heterocycles. The van der Waals surface area contributed by atoms with E-state index in [4.69, 9.17) is 0 Å². The Morgan fingerprint density at radius 2 is 1.74 bits per heavy atom. The van der Waals surface area contributed by atoms with E-state index < -0.39 is 0 Å². The number of nitrogens with zero attached hydrogens (tertiary/aromatic N) is 5. The fraction of sp³-hybridized carbons (Fsp3) is 0.571. The Labute approximate surface area is 112 Å². The van der Waals surface area contributed by atoms with Gasteiger partial charge in [-0.2, -0.15) is 0 Å². The van der Waals surface area contributed by atoms with E-state index in [-0.39, 0.29) is 0 Å². The van der Waals surface area contributed by atoms with Gasteiger partial charge in [0.25, 0.3) is 0 Å². The van der Waals surface area contributed by atoms with Crippen LogP contribution in [0.1, 0.15) is 12.8 Å². The molecule has 0 amide bonds. The molecule has 19 heavy (non-hydrogen) atoms. The number of imidazole rings is 1. The van der Waals surface area contributed by atoms with Crippen LogP contribution in [0.4, 0.5) is 5.82 Å². The second-order valence-electron chi connectivity index (χ2n) is 5.64. The largest absolute Gasteiger partial charge is 0.351 e. The lowest BCUT2D eigenvalue weighted by molar-refractivity contribution is 0.247. The first kappa shape index (κ1) is 11.2. The van der Waals surface area contributed by atoms with Crippen LogP contribution >= 0.6 is 0 Å². The van der Waals surface area contributed by atoms with Crippen LogP contribution in [0.3, 0.4) is 0 Å². The van der Waals surface area contributed by atoms with Crippen molar-refractivity contribution in [2.75, 3.05) is 37.6 Å². The lowest BCUT2D eigenvalue weighted by atomic mass is 10.3. The molecule has 1 saturated carbocycles. The van der Waals surface area contributed by atoms with Crippen molar-refractivity contribution in [1.29, 1.82) is 0 Å². The molecule has 0 atom stereocenters. The Bertz CT molecular complexity index is 566. The molecule has 0 unspecified atom stereocenters. The van der Waals surface area contributed by atoms with Gasteiger partial charge in [-0.25, -0.2) is 9.97 Å². The molecule has 0 bridgehead atoms. The van der Waals surface area contributed by atoms with Gasteiger partial charge in [0.05, 0.1) is 0 Å². The molecule has 100 valence electrons. The summed E-state index contributed by atoms with van der Waals surface area (Å²) in [7, 11) is 0. The van der Waals surface area contributed by atoms with E-state index >= 15 is 0 Å². The van der Waals surface area contributed by atoms with Crippen LogP contribution in [0, 0.1) is 5.92 Å². The van der Waals surface area contributed by atoms with Crippen LogP contribution in [-0.4, -0.2) is 52.0 Å². The van der Waals surface area contributed by atoms with Gasteiger partial charge in [-0.3, -0.25) is 4.90 Å². The summed E-state index contributed by atoms with van der Waals surface area (Å²) in [4.78, 5) is 13.9. The van der Waals surface area contributed by atoms with E-state index in [2.05, 4.69) is 19.8 Å². The average molecular weight is 257 g/mol. The minimum atomic E-state index is 0.971. The zero-order chi connectivity index (χ0) is 12.7. The number of aromatic nitrogens is 3. The van der Waals surface area contributed by atoms with Gasteiger partial charge < -0.3 is 9.30 Å². The number of hydrogen-bond donors (Lipinski definition) is 0. The zero-order valence-electron chi connectivity index (χ0n) is 11.1. The number of anilines is 1. The minimum Gasteiger partial charge on any atom is -0.351 e. The summed E-state index contributed by atoms with van der Waals surface area (Å²) in [5, 5.41) is 0. The fourth-order valence-corrected chi connectivity index (χ4v) is 2.87. The lowest BCUT2D eigenvalue weighted by Gasteiger charge is -2.35. The van der Waals surface area contributed by atoms with Crippen molar-refractivity contribution >= 4 is 11.5 Å². The highest BCUT2D eigenvalue weighted by Crippen LogP contribution is 2.30. The highest BCUT2D eigenvalue weighted by Gasteiger charge is 2.27. The van der Waals surface area contributed by atoms with E-state index in [0.717, 1.165) is 43.6 Å². The van der Waals surface area contributed by atoms with Crippen molar-refractivity contribution < 1.29 is 0 Å². The average Bonchev–Trinajstić information content (AvgIpc) is 3.13. The Balaban J connectivity index is 1.49. The number of rotatable bonds is 3. The van der Waals surface area contributed by atoms with Gasteiger partial charge in [0.15, 0.2) is 11.5 Å². The molecule has 4 rings (SSSR count). The van der Waals surface area contributed by atoms with Crippen molar-refractivity contribution in [3.8, 4) is 0 Å². The Morgan fingerprint density at radius 3 is 2.47 bits per heavy atom. The number of hydrogen-bond acceptors (Lipinski definition) is 4. The lowest BCUT2D eigenvalue weighted by Crippen LogP contribution is -2.47. The van der Waals surface area contributed by atoms with E-state index in [1.54, 1.807) is 0 Å². The Kier molecular flexibility index (Phi) is 2.65.